The van der Waals surface area contributed by atoms with Crippen LogP contribution in [0.2, 0.25) is 0 Å². The molecule has 4 rings (SSSR count). The van der Waals surface area contributed by atoms with Crippen LogP contribution >= 0.6 is 22.6 Å². The molecule has 3 aliphatic rings. The number of alkyl halides is 1. The minimum atomic E-state index is -0.776. The van der Waals surface area contributed by atoms with Crippen LogP contribution in [0.4, 0.5) is 0 Å². The number of para-hydroxylation sites is 1. The van der Waals surface area contributed by atoms with Crippen molar-refractivity contribution in [2.24, 2.45) is 11.7 Å². The number of ether oxygens (including phenoxy) is 3. The average Bonchev–Trinajstić information content (AvgIpc) is 2.96. The van der Waals surface area contributed by atoms with Crippen molar-refractivity contribution in [3.8, 4) is 5.75 Å². The molecule has 2 heterocycles. The number of aryl methyl sites for hydroxylation is 1. The fraction of sp³-hybridized carbons (Fsp3) is 0.632. The van der Waals surface area contributed by atoms with Crippen molar-refractivity contribution in [3.63, 3.8) is 0 Å². The predicted molar refractivity (Wildman–Crippen MR) is 104 cm³/mol. The van der Waals surface area contributed by atoms with E-state index in [0.717, 1.165) is 27.7 Å². The molecule has 1 saturated carbocycles. The lowest BCUT2D eigenvalue weighted by atomic mass is 9.75. The highest BCUT2D eigenvalue weighted by Gasteiger charge is 2.68. The largest absolute Gasteiger partial charge is 0.485 e. The summed E-state index contributed by atoms with van der Waals surface area (Å²) in [4.78, 5) is 10.8. The van der Waals surface area contributed by atoms with E-state index in [2.05, 4.69) is 29.5 Å². The third-order valence-electron chi connectivity index (χ3n) is 6.12. The Kier molecular flexibility index (Phi) is 4.70. The van der Waals surface area contributed by atoms with Crippen molar-refractivity contribution >= 4 is 28.6 Å². The van der Waals surface area contributed by atoms with Gasteiger partial charge in [-0.3, -0.25) is 4.79 Å². The van der Waals surface area contributed by atoms with Gasteiger partial charge in [-0.2, -0.15) is 0 Å². The highest BCUT2D eigenvalue weighted by Crippen LogP contribution is 2.60. The Morgan fingerprint density at radius 1 is 1.46 bits per heavy atom. The zero-order valence-corrected chi connectivity index (χ0v) is 16.9. The van der Waals surface area contributed by atoms with E-state index >= 15 is 0 Å². The van der Waals surface area contributed by atoms with E-state index in [1.54, 1.807) is 0 Å². The van der Waals surface area contributed by atoms with Crippen molar-refractivity contribution in [2.75, 3.05) is 11.0 Å². The zero-order valence-electron chi connectivity index (χ0n) is 14.7. The molecule has 6 nitrogen and oxygen atoms in total. The first-order valence-corrected chi connectivity index (χ1v) is 10.6. The molecule has 2 fully saturated rings. The molecule has 0 spiro atoms. The molecular weight excluding hydrogens is 449 g/mol. The Morgan fingerprint density at radius 3 is 3.00 bits per heavy atom. The van der Waals surface area contributed by atoms with E-state index in [0.29, 0.717) is 19.4 Å². The standard InChI is InChI=1S/C19H24INO5/c1-18-8-14-13(10-24-16(9-20)25-14)19(18,21)12-6-2-4-11(17(12)26-18)5-3-7-15(22)23/h2,4,6,13-14,16H,3,5,7-10,21H2,1H3,(H,22,23)/t13?,14-,16?,18+,19+/m1/s1. The van der Waals surface area contributed by atoms with Gasteiger partial charge in [-0.05, 0) is 25.3 Å². The number of carboxylic acids is 1. The first-order valence-electron chi connectivity index (χ1n) is 9.04. The lowest BCUT2D eigenvalue weighted by Gasteiger charge is -2.39. The summed E-state index contributed by atoms with van der Waals surface area (Å²) in [5, 5.41) is 8.89. The monoisotopic (exact) mass is 473 g/mol. The smallest absolute Gasteiger partial charge is 0.303 e. The fourth-order valence-corrected chi connectivity index (χ4v) is 5.24. The van der Waals surface area contributed by atoms with Gasteiger partial charge in [0, 0.05) is 24.3 Å². The van der Waals surface area contributed by atoms with Gasteiger partial charge < -0.3 is 25.1 Å². The molecule has 1 aromatic carbocycles. The van der Waals surface area contributed by atoms with Crippen molar-refractivity contribution in [2.45, 2.75) is 56.1 Å². The van der Waals surface area contributed by atoms with E-state index in [1.807, 2.05) is 18.2 Å². The van der Waals surface area contributed by atoms with Crippen LogP contribution in [0.15, 0.2) is 18.2 Å². The van der Waals surface area contributed by atoms with Gasteiger partial charge in [0.2, 0.25) is 0 Å². The van der Waals surface area contributed by atoms with Gasteiger partial charge in [-0.25, -0.2) is 0 Å². The lowest BCUT2D eigenvalue weighted by molar-refractivity contribution is -0.222. The summed E-state index contributed by atoms with van der Waals surface area (Å²) < 4.78 is 19.2. The van der Waals surface area contributed by atoms with Crippen molar-refractivity contribution in [1.29, 1.82) is 0 Å². The minimum Gasteiger partial charge on any atom is -0.485 e. The molecule has 7 heteroatoms. The summed E-state index contributed by atoms with van der Waals surface area (Å²) in [6.07, 6.45) is 1.98. The highest BCUT2D eigenvalue weighted by molar-refractivity contribution is 14.1. The number of halogens is 1. The van der Waals surface area contributed by atoms with Crippen LogP contribution in [-0.4, -0.2) is 40.1 Å². The maximum Gasteiger partial charge on any atom is 0.303 e. The fourth-order valence-electron chi connectivity index (χ4n) is 4.78. The number of rotatable bonds is 5. The number of carboxylic acid groups (broad SMARTS) is 1. The number of carbonyl (C=O) groups is 1. The van der Waals surface area contributed by atoms with E-state index in [4.69, 9.17) is 25.1 Å². The summed E-state index contributed by atoms with van der Waals surface area (Å²) in [5.74, 6) is 0.0985. The molecule has 142 valence electrons. The maximum atomic E-state index is 10.8. The Hall–Kier alpha value is -0.900. The van der Waals surface area contributed by atoms with Crippen LogP contribution < -0.4 is 10.5 Å². The normalized spacial score (nSPS) is 37.6. The summed E-state index contributed by atoms with van der Waals surface area (Å²) in [6, 6.07) is 6.03. The summed E-state index contributed by atoms with van der Waals surface area (Å²) in [5.41, 5.74) is 7.84. The molecule has 1 aliphatic carbocycles. The van der Waals surface area contributed by atoms with Crippen LogP contribution in [-0.2, 0) is 26.2 Å². The molecule has 0 amide bonds. The molecule has 0 aromatic heterocycles. The Balaban J connectivity index is 1.65. The van der Waals surface area contributed by atoms with Crippen molar-refractivity contribution in [1.82, 2.24) is 0 Å². The Morgan fingerprint density at radius 2 is 2.27 bits per heavy atom. The van der Waals surface area contributed by atoms with Crippen LogP contribution in [0, 0.1) is 5.92 Å². The molecule has 1 aromatic rings. The van der Waals surface area contributed by atoms with Crippen LogP contribution in [0.1, 0.15) is 37.3 Å². The van der Waals surface area contributed by atoms with Crippen molar-refractivity contribution in [3.05, 3.63) is 29.3 Å². The van der Waals surface area contributed by atoms with Gasteiger partial charge in [-0.15, -0.1) is 0 Å². The minimum absolute atomic E-state index is 0.0299. The van der Waals surface area contributed by atoms with Crippen LogP contribution in [0.25, 0.3) is 0 Å². The van der Waals surface area contributed by atoms with Gasteiger partial charge in [0.05, 0.1) is 22.7 Å². The molecule has 0 radical (unpaired) electrons. The molecule has 1 saturated heterocycles. The third kappa shape index (κ3) is 2.66. The quantitative estimate of drug-likeness (QED) is 0.505. The summed E-state index contributed by atoms with van der Waals surface area (Å²) in [6.45, 7) is 2.63. The highest BCUT2D eigenvalue weighted by atomic mass is 127. The van der Waals surface area contributed by atoms with Gasteiger partial charge in [0.15, 0.2) is 6.29 Å². The number of nitrogens with two attached hydrogens (primary N) is 1. The van der Waals surface area contributed by atoms with Gasteiger partial charge in [-0.1, -0.05) is 40.8 Å². The van der Waals surface area contributed by atoms with Gasteiger partial charge in [0.25, 0.3) is 0 Å². The van der Waals surface area contributed by atoms with Crippen LogP contribution in [0.5, 0.6) is 5.75 Å². The van der Waals surface area contributed by atoms with E-state index in [9.17, 15) is 4.79 Å². The SMILES string of the molecule is C[C@]12C[C@H]3OC(CI)OCC3[C@@]1(N)c1cccc(CCCC(=O)O)c1O2. The molecule has 2 unspecified atom stereocenters. The van der Waals surface area contributed by atoms with E-state index < -0.39 is 17.1 Å². The lowest BCUT2D eigenvalue weighted by Crippen LogP contribution is -2.57. The number of aliphatic carboxylic acids is 1. The van der Waals surface area contributed by atoms with E-state index in [-0.39, 0.29) is 24.7 Å². The molecule has 26 heavy (non-hydrogen) atoms. The second kappa shape index (κ2) is 6.61. The predicted octanol–water partition coefficient (Wildman–Crippen LogP) is 2.60. The first-order chi connectivity index (χ1) is 12.4. The average molecular weight is 473 g/mol. The van der Waals surface area contributed by atoms with Crippen molar-refractivity contribution < 1.29 is 24.1 Å². The molecule has 2 aliphatic heterocycles. The zero-order chi connectivity index (χ0) is 18.5. The Bertz CT molecular complexity index is 728. The topological polar surface area (TPSA) is 91.0 Å². The van der Waals surface area contributed by atoms with Gasteiger partial charge in [0.1, 0.15) is 11.4 Å². The molecule has 0 bridgehead atoms. The van der Waals surface area contributed by atoms with E-state index in [1.165, 1.54) is 0 Å². The third-order valence-corrected chi connectivity index (χ3v) is 6.84. The maximum absolute atomic E-state index is 10.8. The summed E-state index contributed by atoms with van der Waals surface area (Å²) >= 11 is 2.27. The summed E-state index contributed by atoms with van der Waals surface area (Å²) in [7, 11) is 0. The number of hydrogen-bond acceptors (Lipinski definition) is 5. The molecule has 5 atom stereocenters. The van der Waals surface area contributed by atoms with Crippen LogP contribution in [0.3, 0.4) is 0 Å². The number of hydrogen-bond donors (Lipinski definition) is 2. The molecule has 3 N–H and O–H groups in total. The molecular formula is C19H24INO5. The second-order valence-corrected chi connectivity index (χ2v) is 8.53. The second-order valence-electron chi connectivity index (χ2n) is 7.65. The van der Waals surface area contributed by atoms with Gasteiger partial charge >= 0.3 is 5.97 Å². The Labute approximate surface area is 166 Å². The number of fused-ring (bicyclic) bond motifs is 5. The number of benzene rings is 1. The first kappa shape index (κ1) is 18.5.